The summed E-state index contributed by atoms with van der Waals surface area (Å²) in [6.45, 7) is -3.27. The second-order valence-electron chi connectivity index (χ2n) is 2.77. The maximum Gasteiger partial charge on any atom is 0.393 e. The Morgan fingerprint density at radius 1 is 1.41 bits per heavy atom. The normalized spacial score (nSPS) is 11.5. The Morgan fingerprint density at radius 3 is 2.41 bits per heavy atom. The van der Waals surface area contributed by atoms with Crippen molar-refractivity contribution < 1.29 is 18.5 Å². The zero-order valence-electron chi connectivity index (χ0n) is 8.95. The number of hydrogen-bond donors (Lipinski definition) is 0. The van der Waals surface area contributed by atoms with E-state index in [-0.39, 0.29) is 10.7 Å². The molecule has 94 valence electrons. The fraction of sp³-hybridized carbons (Fsp3) is 0.250. The van der Waals surface area contributed by atoms with E-state index >= 15 is 0 Å². The number of nitro benzene ring substituents is 1. The molecule has 6 nitrogen and oxygen atoms in total. The maximum atomic E-state index is 11.8. The highest BCUT2D eigenvalue weighted by Gasteiger charge is 2.24. The Morgan fingerprint density at radius 2 is 2.00 bits per heavy atom. The lowest BCUT2D eigenvalue weighted by molar-refractivity contribution is -0.384. The van der Waals surface area contributed by atoms with E-state index < -0.39 is 11.7 Å². The quantitative estimate of drug-likeness (QED) is 0.468. The minimum absolute atomic E-state index is 0.0289. The first-order valence-corrected chi connectivity index (χ1v) is 7.61. The summed E-state index contributed by atoms with van der Waals surface area (Å²) in [5.74, 6) is 0. The lowest BCUT2D eigenvalue weighted by Crippen LogP contribution is -1.89. The van der Waals surface area contributed by atoms with Crippen molar-refractivity contribution in [2.24, 2.45) is 0 Å². The van der Waals surface area contributed by atoms with Crippen molar-refractivity contribution in [3.8, 4) is 0 Å². The number of hydrogen-bond acceptors (Lipinski definition) is 6. The van der Waals surface area contributed by atoms with Gasteiger partial charge in [-0.3, -0.25) is 10.1 Å². The van der Waals surface area contributed by atoms with Crippen molar-refractivity contribution in [1.82, 2.24) is 0 Å². The largest absolute Gasteiger partial charge is 0.393 e. The van der Waals surface area contributed by atoms with Crippen molar-refractivity contribution in [3.63, 3.8) is 0 Å². The second kappa shape index (κ2) is 5.84. The van der Waals surface area contributed by atoms with Crippen LogP contribution >= 0.6 is 29.8 Å². The number of rotatable bonds is 5. The van der Waals surface area contributed by atoms with Crippen molar-refractivity contribution in [2.45, 2.75) is 4.90 Å². The molecular formula is C8H9ClNO5PS. The predicted molar refractivity (Wildman–Crippen MR) is 65.6 cm³/mol. The van der Waals surface area contributed by atoms with Crippen LogP contribution in [0.1, 0.15) is 0 Å². The van der Waals surface area contributed by atoms with Crippen LogP contribution in [0.15, 0.2) is 23.1 Å². The van der Waals surface area contributed by atoms with Crippen LogP contribution in [0.25, 0.3) is 0 Å². The van der Waals surface area contributed by atoms with E-state index in [0.717, 1.165) is 11.4 Å². The number of benzene rings is 1. The molecule has 0 fully saturated rings. The van der Waals surface area contributed by atoms with Crippen molar-refractivity contribution in [1.29, 1.82) is 0 Å². The van der Waals surface area contributed by atoms with E-state index in [4.69, 9.17) is 20.6 Å². The van der Waals surface area contributed by atoms with Crippen LogP contribution in [0.2, 0.25) is 5.02 Å². The van der Waals surface area contributed by atoms with Crippen LogP contribution in [0.5, 0.6) is 0 Å². The SMILES string of the molecule is COP(=O)(OC)Sc1ccc([N+](=O)[O-])c(Cl)c1. The molecule has 1 aromatic carbocycles. The number of nitro groups is 1. The van der Waals surface area contributed by atoms with Gasteiger partial charge in [0.15, 0.2) is 0 Å². The van der Waals surface area contributed by atoms with Gasteiger partial charge in [0.1, 0.15) is 5.02 Å². The van der Waals surface area contributed by atoms with Gasteiger partial charge in [0.05, 0.1) is 4.92 Å². The summed E-state index contributed by atoms with van der Waals surface area (Å²) in [6.07, 6.45) is 0. The zero-order valence-corrected chi connectivity index (χ0v) is 11.4. The van der Waals surface area contributed by atoms with Crippen LogP contribution in [0, 0.1) is 10.1 Å². The molecule has 0 radical (unpaired) electrons. The van der Waals surface area contributed by atoms with Crippen LogP contribution in [-0.2, 0) is 13.6 Å². The Kier molecular flexibility index (Phi) is 4.97. The van der Waals surface area contributed by atoms with Gasteiger partial charge in [-0.25, -0.2) is 4.57 Å². The molecule has 1 aromatic rings. The standard InChI is InChI=1S/C8H9ClNO5PS/c1-14-16(13,15-2)17-6-3-4-8(10(11)12)7(9)5-6/h3-5H,1-2H3. The van der Waals surface area contributed by atoms with E-state index in [0.29, 0.717) is 4.90 Å². The van der Waals surface area contributed by atoms with Gasteiger partial charge >= 0.3 is 6.80 Å². The molecule has 9 heteroatoms. The van der Waals surface area contributed by atoms with E-state index in [1.165, 1.54) is 32.4 Å². The molecule has 0 unspecified atom stereocenters. The minimum Gasteiger partial charge on any atom is -0.304 e. The van der Waals surface area contributed by atoms with Gasteiger partial charge in [-0.2, -0.15) is 0 Å². The molecule has 1 rings (SSSR count). The van der Waals surface area contributed by atoms with Crippen LogP contribution in [-0.4, -0.2) is 19.1 Å². The summed E-state index contributed by atoms with van der Waals surface area (Å²) < 4.78 is 21.2. The molecule has 0 saturated carbocycles. The third-order valence-electron chi connectivity index (χ3n) is 1.78. The smallest absolute Gasteiger partial charge is 0.304 e. The topological polar surface area (TPSA) is 78.7 Å². The van der Waals surface area contributed by atoms with Crippen molar-refractivity contribution in [2.75, 3.05) is 14.2 Å². The molecule has 0 aromatic heterocycles. The van der Waals surface area contributed by atoms with Gasteiger partial charge in [0.25, 0.3) is 5.69 Å². The molecule has 0 saturated heterocycles. The molecule has 0 bridgehead atoms. The second-order valence-corrected chi connectivity index (χ2v) is 7.35. The Labute approximate surface area is 107 Å². The molecule has 17 heavy (non-hydrogen) atoms. The molecule has 0 aliphatic heterocycles. The molecule has 0 heterocycles. The average Bonchev–Trinajstić information content (AvgIpc) is 2.28. The Hall–Kier alpha value is -0.590. The Bertz CT molecular complexity index is 475. The number of halogens is 1. The van der Waals surface area contributed by atoms with E-state index in [1.54, 1.807) is 0 Å². The zero-order chi connectivity index (χ0) is 13.1. The van der Waals surface area contributed by atoms with Gasteiger partial charge in [0, 0.05) is 25.2 Å². The summed E-state index contributed by atoms with van der Waals surface area (Å²) in [4.78, 5) is 10.4. The van der Waals surface area contributed by atoms with Gasteiger partial charge < -0.3 is 9.05 Å². The summed E-state index contributed by atoms with van der Waals surface area (Å²) in [6, 6.07) is 4.01. The summed E-state index contributed by atoms with van der Waals surface area (Å²) >= 11 is 6.54. The Balaban J connectivity index is 2.99. The van der Waals surface area contributed by atoms with Gasteiger partial charge in [-0.15, -0.1) is 0 Å². The lowest BCUT2D eigenvalue weighted by Gasteiger charge is -2.12. The van der Waals surface area contributed by atoms with Crippen LogP contribution in [0.4, 0.5) is 5.69 Å². The van der Waals surface area contributed by atoms with Gasteiger partial charge in [-0.1, -0.05) is 11.6 Å². The highest BCUT2D eigenvalue weighted by Crippen LogP contribution is 2.62. The monoisotopic (exact) mass is 297 g/mol. The molecule has 0 aliphatic rings. The van der Waals surface area contributed by atoms with Crippen molar-refractivity contribution in [3.05, 3.63) is 33.3 Å². The molecule has 0 N–H and O–H groups in total. The van der Waals surface area contributed by atoms with Gasteiger partial charge in [-0.05, 0) is 23.5 Å². The fourth-order valence-electron chi connectivity index (χ4n) is 0.971. The van der Waals surface area contributed by atoms with E-state index in [2.05, 4.69) is 0 Å². The van der Waals surface area contributed by atoms with Crippen molar-refractivity contribution >= 4 is 35.5 Å². The first-order chi connectivity index (χ1) is 7.91. The molecule has 0 spiro atoms. The molecular weight excluding hydrogens is 289 g/mol. The minimum atomic E-state index is -3.27. The average molecular weight is 298 g/mol. The first-order valence-electron chi connectivity index (χ1n) is 4.27. The molecule has 0 aliphatic carbocycles. The highest BCUT2D eigenvalue weighted by molar-refractivity contribution is 8.55. The maximum absolute atomic E-state index is 11.8. The van der Waals surface area contributed by atoms with E-state index in [9.17, 15) is 14.7 Å². The van der Waals surface area contributed by atoms with Crippen LogP contribution in [0.3, 0.4) is 0 Å². The molecule has 0 atom stereocenters. The lowest BCUT2D eigenvalue weighted by atomic mass is 10.3. The first kappa shape index (κ1) is 14.5. The molecule has 0 amide bonds. The van der Waals surface area contributed by atoms with Crippen LogP contribution < -0.4 is 0 Å². The third kappa shape index (κ3) is 3.69. The predicted octanol–water partition coefficient (Wildman–Crippen LogP) is 3.74. The fourth-order valence-corrected chi connectivity index (χ4v) is 3.70. The van der Waals surface area contributed by atoms with Gasteiger partial charge in [0.2, 0.25) is 0 Å². The summed E-state index contributed by atoms with van der Waals surface area (Å²) in [5.41, 5.74) is -0.208. The number of nitrogens with zero attached hydrogens (tertiary/aromatic N) is 1. The highest BCUT2D eigenvalue weighted by atomic mass is 35.5. The third-order valence-corrected chi connectivity index (χ3v) is 5.86. The summed E-state index contributed by atoms with van der Waals surface area (Å²) in [7, 11) is 2.51. The summed E-state index contributed by atoms with van der Waals surface area (Å²) in [5, 5.41) is 10.5. The van der Waals surface area contributed by atoms with E-state index in [1.807, 2.05) is 0 Å².